The van der Waals surface area contributed by atoms with Crippen molar-refractivity contribution in [2.75, 3.05) is 32.0 Å². The third kappa shape index (κ3) is 3.29. The van der Waals surface area contributed by atoms with Gasteiger partial charge in [0.1, 0.15) is 28.7 Å². The number of rotatable bonds is 4. The van der Waals surface area contributed by atoms with Crippen LogP contribution in [0.3, 0.4) is 0 Å². The Bertz CT molecular complexity index is 1440. The average Bonchev–Trinajstić information content (AvgIpc) is 3.29. The molecule has 0 radical (unpaired) electrons. The van der Waals surface area contributed by atoms with E-state index >= 15 is 4.39 Å². The number of phenolic OH excluding ortho intramolecular Hbond substituents is 1. The van der Waals surface area contributed by atoms with E-state index in [4.69, 9.17) is 5.73 Å². The van der Waals surface area contributed by atoms with Crippen molar-refractivity contribution in [2.24, 2.45) is 23.5 Å². The van der Waals surface area contributed by atoms with Crippen LogP contribution in [0.1, 0.15) is 48.9 Å². The number of Topliss-reactive ketones (excluding diaryl/α,β-unsaturated/α-hetero) is 2. The Labute approximate surface area is 229 Å². The van der Waals surface area contributed by atoms with E-state index in [1.165, 1.54) is 0 Å². The molecule has 2 heterocycles. The summed E-state index contributed by atoms with van der Waals surface area (Å²) in [7, 11) is 1.90. The lowest BCUT2D eigenvalue weighted by Gasteiger charge is -2.49. The molecule has 2 unspecified atom stereocenters. The first-order valence-electron chi connectivity index (χ1n) is 13.7. The molecule has 40 heavy (non-hydrogen) atoms. The van der Waals surface area contributed by atoms with Crippen LogP contribution < -0.4 is 16.4 Å². The van der Waals surface area contributed by atoms with E-state index in [1.54, 1.807) is 0 Å². The standard InChI is InChI=1S/C28H33FN4O7/c1-3-5-31-19-13-8-11-7-12-15(23(35)20-16(18(12)29)21-10(9-32-20)4-6-33(21)2)22(34)14(11)25(37)28(13,40)26(38)17(24(19)36)27(30)39/h10-11,13,19,21,31-32,34-35,38,40H,3-9H2,1-2H3,(H2,30,39)/t10?,11-,13-,19-,21?,28-/m0/s1. The lowest BCUT2D eigenvalue weighted by Crippen LogP contribution is -2.66. The molecule has 1 amide bonds. The summed E-state index contributed by atoms with van der Waals surface area (Å²) < 4.78 is 16.4. The first kappa shape index (κ1) is 26.7. The van der Waals surface area contributed by atoms with Gasteiger partial charge >= 0.3 is 0 Å². The van der Waals surface area contributed by atoms with Crippen LogP contribution in [-0.4, -0.2) is 81.1 Å². The van der Waals surface area contributed by atoms with Crippen molar-refractivity contribution in [1.82, 2.24) is 10.2 Å². The van der Waals surface area contributed by atoms with E-state index < -0.39 is 69.6 Å². The second-order valence-electron chi connectivity index (χ2n) is 11.6. The number of benzene rings is 1. The summed E-state index contributed by atoms with van der Waals surface area (Å²) in [5.41, 5.74) is 1.74. The number of primary amides is 1. The highest BCUT2D eigenvalue weighted by Gasteiger charge is 2.64. The second-order valence-corrected chi connectivity index (χ2v) is 11.6. The number of nitrogens with zero attached hydrogens (tertiary/aromatic N) is 1. The zero-order chi connectivity index (χ0) is 28.8. The number of fused-ring (bicyclic) bond motifs is 6. The van der Waals surface area contributed by atoms with Gasteiger partial charge in [0.2, 0.25) is 5.78 Å². The number of phenols is 1. The molecule has 12 heteroatoms. The van der Waals surface area contributed by atoms with Crippen LogP contribution in [0.15, 0.2) is 16.9 Å². The SMILES string of the molecule is CCCN[C@@H]1C(=O)C(C(N)=O)=C(O)[C@@]2(O)C(=O)C3=C(O)c4c(O)c5c(c(F)c4C[C@H]3C[C@@H]12)C1C(CCN1C)CN5. The van der Waals surface area contributed by atoms with Gasteiger partial charge in [-0.3, -0.25) is 19.3 Å². The van der Waals surface area contributed by atoms with Gasteiger partial charge in [-0.2, -0.15) is 0 Å². The molecule has 8 N–H and O–H groups in total. The minimum Gasteiger partial charge on any atom is -0.508 e. The predicted octanol–water partition coefficient (Wildman–Crippen LogP) is 0.959. The highest BCUT2D eigenvalue weighted by Crippen LogP contribution is 2.56. The van der Waals surface area contributed by atoms with E-state index in [0.717, 1.165) is 13.0 Å². The van der Waals surface area contributed by atoms with Crippen molar-refractivity contribution in [1.29, 1.82) is 0 Å². The van der Waals surface area contributed by atoms with Gasteiger partial charge in [0, 0.05) is 35.2 Å². The van der Waals surface area contributed by atoms with E-state index in [-0.39, 0.29) is 47.2 Å². The zero-order valence-corrected chi connectivity index (χ0v) is 22.3. The Morgan fingerprint density at radius 3 is 2.67 bits per heavy atom. The number of ketones is 2. The number of amides is 1. The van der Waals surface area contributed by atoms with Crippen molar-refractivity contribution in [3.63, 3.8) is 0 Å². The molecule has 5 aliphatic rings. The maximum atomic E-state index is 16.4. The minimum atomic E-state index is -2.73. The van der Waals surface area contributed by atoms with Crippen molar-refractivity contribution in [2.45, 2.75) is 50.3 Å². The summed E-state index contributed by atoms with van der Waals surface area (Å²) in [6.45, 7) is 3.42. The molecule has 1 saturated heterocycles. The molecule has 0 aromatic heterocycles. The number of carbonyl (C=O) groups excluding carboxylic acids is 3. The number of aliphatic hydroxyl groups is 3. The van der Waals surface area contributed by atoms with Crippen molar-refractivity contribution in [3.8, 4) is 5.75 Å². The maximum Gasteiger partial charge on any atom is 0.255 e. The number of hydrogen-bond donors (Lipinski definition) is 7. The number of aromatic hydroxyl groups is 1. The average molecular weight is 557 g/mol. The highest BCUT2D eigenvalue weighted by atomic mass is 19.1. The van der Waals surface area contributed by atoms with Crippen molar-refractivity contribution >= 4 is 28.9 Å². The number of carbonyl (C=O) groups is 3. The van der Waals surface area contributed by atoms with Gasteiger partial charge in [0.15, 0.2) is 11.4 Å². The van der Waals surface area contributed by atoms with Gasteiger partial charge in [-0.15, -0.1) is 0 Å². The van der Waals surface area contributed by atoms with Crippen LogP contribution in [0.4, 0.5) is 10.1 Å². The number of hydrogen-bond acceptors (Lipinski definition) is 10. The highest BCUT2D eigenvalue weighted by molar-refractivity contribution is 6.24. The predicted molar refractivity (Wildman–Crippen MR) is 141 cm³/mol. The lowest BCUT2D eigenvalue weighted by molar-refractivity contribution is -0.150. The van der Waals surface area contributed by atoms with Crippen LogP contribution in [0.25, 0.3) is 5.76 Å². The largest absolute Gasteiger partial charge is 0.508 e. The van der Waals surface area contributed by atoms with E-state index in [2.05, 4.69) is 10.6 Å². The van der Waals surface area contributed by atoms with Crippen LogP contribution in [0.5, 0.6) is 5.75 Å². The fourth-order valence-corrected chi connectivity index (χ4v) is 7.71. The molecule has 2 fully saturated rings. The summed E-state index contributed by atoms with van der Waals surface area (Å²) in [5.74, 6) is -7.98. The Balaban J connectivity index is 1.54. The molecule has 11 nitrogen and oxygen atoms in total. The van der Waals surface area contributed by atoms with Gasteiger partial charge in [-0.05, 0) is 57.7 Å². The number of anilines is 1. The lowest BCUT2D eigenvalue weighted by atomic mass is 9.57. The summed E-state index contributed by atoms with van der Waals surface area (Å²) >= 11 is 0. The molecule has 6 atom stereocenters. The number of likely N-dealkylation sites (tertiary alicyclic amines) is 1. The normalized spacial score (nSPS) is 33.1. The van der Waals surface area contributed by atoms with E-state index in [1.807, 2.05) is 18.9 Å². The third-order valence-corrected chi connectivity index (χ3v) is 9.56. The smallest absolute Gasteiger partial charge is 0.255 e. The maximum absolute atomic E-state index is 16.4. The van der Waals surface area contributed by atoms with Crippen LogP contribution >= 0.6 is 0 Å². The molecule has 0 spiro atoms. The van der Waals surface area contributed by atoms with Gasteiger partial charge in [-0.25, -0.2) is 4.39 Å². The monoisotopic (exact) mass is 556 g/mol. The van der Waals surface area contributed by atoms with Crippen molar-refractivity contribution < 1.29 is 39.2 Å². The molecule has 1 aromatic rings. The first-order valence-corrected chi connectivity index (χ1v) is 13.7. The van der Waals surface area contributed by atoms with Gasteiger partial charge in [0.05, 0.1) is 17.3 Å². The van der Waals surface area contributed by atoms with Crippen LogP contribution in [0, 0.1) is 23.6 Å². The van der Waals surface area contributed by atoms with E-state index in [0.29, 0.717) is 25.1 Å². The first-order chi connectivity index (χ1) is 18.9. The number of nitrogens with two attached hydrogens (primary N) is 1. The molecular weight excluding hydrogens is 523 g/mol. The third-order valence-electron chi connectivity index (χ3n) is 9.56. The Kier molecular flexibility index (Phi) is 6.02. The molecule has 214 valence electrons. The van der Waals surface area contributed by atoms with Gasteiger partial charge in [0.25, 0.3) is 5.91 Å². The minimum absolute atomic E-state index is 0.0567. The molecular formula is C28H33FN4O7. The number of aliphatic hydroxyl groups excluding tert-OH is 2. The Morgan fingerprint density at radius 2 is 2.00 bits per heavy atom. The fourth-order valence-electron chi connectivity index (χ4n) is 7.71. The van der Waals surface area contributed by atoms with E-state index in [9.17, 15) is 34.8 Å². The molecule has 6 rings (SSSR count). The summed E-state index contributed by atoms with van der Waals surface area (Å²) in [4.78, 5) is 41.4. The van der Waals surface area contributed by atoms with Crippen molar-refractivity contribution in [3.05, 3.63) is 39.4 Å². The quantitative estimate of drug-likeness (QED) is 0.208. The van der Waals surface area contributed by atoms with Crippen LogP contribution in [-0.2, 0) is 20.8 Å². The van der Waals surface area contributed by atoms with Gasteiger partial charge in [-0.1, -0.05) is 6.92 Å². The molecule has 0 bridgehead atoms. The Morgan fingerprint density at radius 1 is 1.27 bits per heavy atom. The fraction of sp³-hybridized carbons (Fsp3) is 0.536. The number of nitrogens with one attached hydrogen (secondary N) is 2. The second kappa shape index (κ2) is 9.02. The topological polar surface area (TPSA) is 185 Å². The molecule has 2 aliphatic heterocycles. The summed E-state index contributed by atoms with van der Waals surface area (Å²) in [6, 6.07) is -1.48. The molecule has 1 aromatic carbocycles. The number of halogens is 1. The van der Waals surface area contributed by atoms with Gasteiger partial charge < -0.3 is 36.8 Å². The summed E-state index contributed by atoms with van der Waals surface area (Å²) in [5, 5.41) is 51.5. The Hall–Kier alpha value is -3.48. The van der Waals surface area contributed by atoms with Crippen LogP contribution in [0.2, 0.25) is 0 Å². The zero-order valence-electron chi connectivity index (χ0n) is 22.3. The molecule has 1 saturated carbocycles. The molecule has 3 aliphatic carbocycles. The summed E-state index contributed by atoms with van der Waals surface area (Å²) in [6.07, 6.45) is 1.28.